The van der Waals surface area contributed by atoms with Crippen molar-refractivity contribution in [3.63, 3.8) is 0 Å². The Balaban J connectivity index is 1.86. The number of rotatable bonds is 1. The van der Waals surface area contributed by atoms with Gasteiger partial charge < -0.3 is 9.64 Å². The van der Waals surface area contributed by atoms with Crippen LogP contribution in [0.3, 0.4) is 0 Å². The summed E-state index contributed by atoms with van der Waals surface area (Å²) in [7, 11) is 0. The number of piperazine rings is 1. The fourth-order valence-corrected chi connectivity index (χ4v) is 2.43. The molecule has 2 aliphatic heterocycles. The van der Waals surface area contributed by atoms with Gasteiger partial charge in [-0.1, -0.05) is 0 Å². The molecule has 0 radical (unpaired) electrons. The van der Waals surface area contributed by atoms with Crippen molar-refractivity contribution < 1.29 is 9.53 Å². The van der Waals surface area contributed by atoms with Crippen molar-refractivity contribution >= 4 is 6.09 Å². The highest BCUT2D eigenvalue weighted by atomic mass is 16.6. The summed E-state index contributed by atoms with van der Waals surface area (Å²) in [6, 6.07) is 0.582. The maximum atomic E-state index is 11.7. The second kappa shape index (κ2) is 4.39. The van der Waals surface area contributed by atoms with Gasteiger partial charge in [-0.3, -0.25) is 4.90 Å². The summed E-state index contributed by atoms with van der Waals surface area (Å²) >= 11 is 0. The molecule has 1 atom stereocenters. The Morgan fingerprint density at radius 3 is 2.87 bits per heavy atom. The van der Waals surface area contributed by atoms with Crippen LogP contribution >= 0.6 is 0 Å². The topological polar surface area (TPSA) is 32.8 Å². The number of nitrogens with zero attached hydrogens (tertiary/aromatic N) is 2. The minimum Gasteiger partial charge on any atom is -0.447 e. The Hall–Kier alpha value is -0.770. The molecule has 0 bridgehead atoms. The van der Waals surface area contributed by atoms with Crippen molar-refractivity contribution in [2.45, 2.75) is 38.8 Å². The van der Waals surface area contributed by atoms with Crippen molar-refractivity contribution in [1.82, 2.24) is 9.80 Å². The molecular formula is C11H20N2O2. The first-order valence-electron chi connectivity index (χ1n) is 5.86. The molecule has 2 heterocycles. The standard InChI is InChI=1S/C11H20N2O2/c1-9(2)15-11(14)13-7-6-12-5-3-4-10(12)8-13/h9-10H,3-8H2,1-2H3. The molecule has 2 fully saturated rings. The average molecular weight is 212 g/mol. The first kappa shape index (κ1) is 10.7. The molecular weight excluding hydrogens is 192 g/mol. The first-order valence-corrected chi connectivity index (χ1v) is 5.86. The fraction of sp³-hybridized carbons (Fsp3) is 0.909. The third-order valence-corrected chi connectivity index (χ3v) is 3.18. The van der Waals surface area contributed by atoms with E-state index in [1.807, 2.05) is 18.7 Å². The lowest BCUT2D eigenvalue weighted by atomic mass is 10.2. The van der Waals surface area contributed by atoms with Gasteiger partial charge in [0.25, 0.3) is 0 Å². The summed E-state index contributed by atoms with van der Waals surface area (Å²) in [4.78, 5) is 16.0. The van der Waals surface area contributed by atoms with E-state index in [4.69, 9.17) is 4.74 Å². The second-order valence-corrected chi connectivity index (χ2v) is 4.71. The molecule has 0 spiro atoms. The molecule has 4 nitrogen and oxygen atoms in total. The molecule has 0 N–H and O–H groups in total. The summed E-state index contributed by atoms with van der Waals surface area (Å²) < 4.78 is 5.21. The lowest BCUT2D eigenvalue weighted by Crippen LogP contribution is -2.52. The minimum atomic E-state index is -0.142. The van der Waals surface area contributed by atoms with E-state index in [9.17, 15) is 4.79 Å². The average Bonchev–Trinajstić information content (AvgIpc) is 2.62. The molecule has 2 saturated heterocycles. The summed E-state index contributed by atoms with van der Waals surface area (Å²) in [5.41, 5.74) is 0. The van der Waals surface area contributed by atoms with Gasteiger partial charge in [0.15, 0.2) is 0 Å². The van der Waals surface area contributed by atoms with Gasteiger partial charge >= 0.3 is 6.09 Å². The highest BCUT2D eigenvalue weighted by Gasteiger charge is 2.33. The van der Waals surface area contributed by atoms with E-state index in [0.29, 0.717) is 6.04 Å². The van der Waals surface area contributed by atoms with E-state index in [0.717, 1.165) is 19.6 Å². The number of ether oxygens (including phenoxy) is 1. The number of carbonyl (C=O) groups is 1. The molecule has 0 aromatic rings. The zero-order valence-corrected chi connectivity index (χ0v) is 9.61. The summed E-state index contributed by atoms with van der Waals surface area (Å²) in [6.07, 6.45) is 2.35. The maximum Gasteiger partial charge on any atom is 0.410 e. The van der Waals surface area contributed by atoms with Crippen LogP contribution in [0.4, 0.5) is 4.79 Å². The summed E-state index contributed by atoms with van der Waals surface area (Å²) in [6.45, 7) is 7.68. The van der Waals surface area contributed by atoms with Gasteiger partial charge in [0.05, 0.1) is 6.10 Å². The van der Waals surface area contributed by atoms with Crippen LogP contribution in [0.15, 0.2) is 0 Å². The predicted molar refractivity (Wildman–Crippen MR) is 57.8 cm³/mol. The van der Waals surface area contributed by atoms with Gasteiger partial charge in [0, 0.05) is 25.7 Å². The van der Waals surface area contributed by atoms with Crippen LogP contribution in [-0.4, -0.2) is 54.2 Å². The number of hydrogen-bond acceptors (Lipinski definition) is 3. The Morgan fingerprint density at radius 2 is 2.13 bits per heavy atom. The van der Waals surface area contributed by atoms with Gasteiger partial charge in [-0.05, 0) is 33.2 Å². The molecule has 86 valence electrons. The number of carbonyl (C=O) groups excluding carboxylic acids is 1. The lowest BCUT2D eigenvalue weighted by molar-refractivity contribution is 0.0479. The molecule has 2 rings (SSSR count). The highest BCUT2D eigenvalue weighted by Crippen LogP contribution is 2.21. The molecule has 4 heteroatoms. The van der Waals surface area contributed by atoms with E-state index in [2.05, 4.69) is 4.90 Å². The lowest BCUT2D eigenvalue weighted by Gasteiger charge is -2.37. The van der Waals surface area contributed by atoms with Crippen LogP contribution in [0.1, 0.15) is 26.7 Å². The third kappa shape index (κ3) is 2.43. The smallest absolute Gasteiger partial charge is 0.410 e. The monoisotopic (exact) mass is 212 g/mol. The zero-order chi connectivity index (χ0) is 10.8. The van der Waals surface area contributed by atoms with Gasteiger partial charge in [0.2, 0.25) is 0 Å². The molecule has 1 amide bonds. The van der Waals surface area contributed by atoms with Crippen LogP contribution in [0.25, 0.3) is 0 Å². The fourth-order valence-electron chi connectivity index (χ4n) is 2.43. The van der Waals surface area contributed by atoms with Crippen LogP contribution in [-0.2, 0) is 4.74 Å². The van der Waals surface area contributed by atoms with Crippen molar-refractivity contribution in [1.29, 1.82) is 0 Å². The summed E-state index contributed by atoms with van der Waals surface area (Å²) in [5, 5.41) is 0. The van der Waals surface area contributed by atoms with E-state index < -0.39 is 0 Å². The molecule has 15 heavy (non-hydrogen) atoms. The van der Waals surface area contributed by atoms with Gasteiger partial charge in [-0.15, -0.1) is 0 Å². The van der Waals surface area contributed by atoms with Gasteiger partial charge in [0.1, 0.15) is 0 Å². The minimum absolute atomic E-state index is 0.0147. The number of amides is 1. The quantitative estimate of drug-likeness (QED) is 0.657. The maximum absolute atomic E-state index is 11.7. The molecule has 0 saturated carbocycles. The Bertz CT molecular complexity index is 243. The molecule has 0 aliphatic carbocycles. The largest absolute Gasteiger partial charge is 0.447 e. The van der Waals surface area contributed by atoms with Crippen LogP contribution < -0.4 is 0 Å². The van der Waals surface area contributed by atoms with Crippen molar-refractivity contribution in [3.8, 4) is 0 Å². The molecule has 0 aromatic carbocycles. The van der Waals surface area contributed by atoms with Gasteiger partial charge in [-0.25, -0.2) is 4.79 Å². The van der Waals surface area contributed by atoms with Crippen LogP contribution in [0.5, 0.6) is 0 Å². The van der Waals surface area contributed by atoms with Crippen molar-refractivity contribution in [3.05, 3.63) is 0 Å². The summed E-state index contributed by atoms with van der Waals surface area (Å²) in [5.74, 6) is 0. The SMILES string of the molecule is CC(C)OC(=O)N1CCN2CCCC2C1. The van der Waals surface area contributed by atoms with Crippen molar-refractivity contribution in [2.75, 3.05) is 26.2 Å². The third-order valence-electron chi connectivity index (χ3n) is 3.18. The number of hydrogen-bond donors (Lipinski definition) is 0. The van der Waals surface area contributed by atoms with E-state index in [-0.39, 0.29) is 12.2 Å². The molecule has 2 aliphatic rings. The van der Waals surface area contributed by atoms with E-state index in [1.165, 1.54) is 19.4 Å². The Kier molecular flexibility index (Phi) is 3.14. The first-order chi connectivity index (χ1) is 7.16. The number of fused-ring (bicyclic) bond motifs is 1. The molecule has 0 aromatic heterocycles. The Labute approximate surface area is 91.2 Å². The second-order valence-electron chi connectivity index (χ2n) is 4.71. The normalized spacial score (nSPS) is 26.9. The highest BCUT2D eigenvalue weighted by molar-refractivity contribution is 5.68. The Morgan fingerprint density at radius 1 is 1.33 bits per heavy atom. The van der Waals surface area contributed by atoms with E-state index in [1.54, 1.807) is 0 Å². The zero-order valence-electron chi connectivity index (χ0n) is 9.61. The van der Waals surface area contributed by atoms with Crippen LogP contribution in [0.2, 0.25) is 0 Å². The van der Waals surface area contributed by atoms with E-state index >= 15 is 0 Å². The van der Waals surface area contributed by atoms with Crippen molar-refractivity contribution in [2.24, 2.45) is 0 Å². The predicted octanol–water partition coefficient (Wildman–Crippen LogP) is 1.31. The van der Waals surface area contributed by atoms with Gasteiger partial charge in [-0.2, -0.15) is 0 Å². The van der Waals surface area contributed by atoms with Crippen LogP contribution in [0, 0.1) is 0 Å². The molecule has 1 unspecified atom stereocenters.